The Morgan fingerprint density at radius 3 is 2.71 bits per heavy atom. The van der Waals surface area contributed by atoms with Gasteiger partial charge in [-0.1, -0.05) is 24.3 Å². The van der Waals surface area contributed by atoms with E-state index in [9.17, 15) is 0 Å². The maximum Gasteiger partial charge on any atom is 0.191 e. The number of rotatable bonds is 5. The lowest BCUT2D eigenvalue weighted by Gasteiger charge is -2.12. The average Bonchev–Trinajstić information content (AvgIpc) is 2.90. The molecule has 5 heteroatoms. The Hall–Kier alpha value is -1.88. The minimum atomic E-state index is 0.780. The summed E-state index contributed by atoms with van der Waals surface area (Å²) in [7, 11) is 1.79. The molecular formula is C16H22N4S. The van der Waals surface area contributed by atoms with Crippen molar-refractivity contribution in [3.63, 3.8) is 0 Å². The van der Waals surface area contributed by atoms with Crippen LogP contribution in [0.5, 0.6) is 0 Å². The highest BCUT2D eigenvalue weighted by molar-refractivity contribution is 7.11. The highest BCUT2D eigenvalue weighted by atomic mass is 32.1. The molecule has 4 nitrogen and oxygen atoms in total. The molecule has 0 atom stereocenters. The zero-order valence-electron chi connectivity index (χ0n) is 12.8. The van der Waals surface area contributed by atoms with Crippen LogP contribution in [-0.2, 0) is 13.0 Å². The number of thiazole rings is 1. The number of aryl methyl sites for hydroxylation is 2. The van der Waals surface area contributed by atoms with Crippen LogP contribution in [0.1, 0.15) is 21.0 Å². The molecule has 2 aromatic rings. The van der Waals surface area contributed by atoms with Gasteiger partial charge in [-0.2, -0.15) is 0 Å². The standard InChI is InChI=1S/C16H22N4S/c1-12-6-4-5-7-14(12)11-20-16(17-3)18-9-8-15-19-10-13(2)21-15/h4-7,10H,8-9,11H2,1-3H3,(H2,17,18,20). The van der Waals surface area contributed by atoms with Crippen LogP contribution in [0.15, 0.2) is 35.5 Å². The maximum absolute atomic E-state index is 4.36. The average molecular weight is 302 g/mol. The number of aromatic nitrogens is 1. The fraction of sp³-hybridized carbons (Fsp3) is 0.375. The summed E-state index contributed by atoms with van der Waals surface area (Å²) >= 11 is 1.75. The Bertz CT molecular complexity index is 604. The highest BCUT2D eigenvalue weighted by Gasteiger charge is 2.02. The van der Waals surface area contributed by atoms with Crippen molar-refractivity contribution in [1.82, 2.24) is 15.6 Å². The summed E-state index contributed by atoms with van der Waals surface area (Å²) in [6, 6.07) is 8.37. The van der Waals surface area contributed by atoms with E-state index in [2.05, 4.69) is 58.7 Å². The summed E-state index contributed by atoms with van der Waals surface area (Å²) in [4.78, 5) is 9.86. The van der Waals surface area contributed by atoms with Crippen LogP contribution < -0.4 is 10.6 Å². The number of nitrogens with one attached hydrogen (secondary N) is 2. The smallest absolute Gasteiger partial charge is 0.191 e. The molecule has 1 aromatic carbocycles. The molecule has 0 aliphatic rings. The molecule has 1 aromatic heterocycles. The SMILES string of the molecule is CN=C(NCCc1ncc(C)s1)NCc1ccccc1C. The van der Waals surface area contributed by atoms with E-state index in [4.69, 9.17) is 0 Å². The Balaban J connectivity index is 1.77. The number of benzene rings is 1. The van der Waals surface area contributed by atoms with Crippen molar-refractivity contribution < 1.29 is 0 Å². The molecule has 0 aliphatic heterocycles. The molecule has 0 saturated carbocycles. The first kappa shape index (κ1) is 15.5. The molecule has 2 rings (SSSR count). The molecule has 0 fully saturated rings. The number of guanidine groups is 1. The summed E-state index contributed by atoms with van der Waals surface area (Å²) in [6.07, 6.45) is 2.84. The molecule has 0 radical (unpaired) electrons. The van der Waals surface area contributed by atoms with E-state index >= 15 is 0 Å². The van der Waals surface area contributed by atoms with Crippen LogP contribution in [0.25, 0.3) is 0 Å². The van der Waals surface area contributed by atoms with Gasteiger partial charge in [0, 0.05) is 37.6 Å². The van der Waals surface area contributed by atoms with Crippen LogP contribution in [-0.4, -0.2) is 24.5 Å². The molecule has 0 unspecified atom stereocenters. The number of hydrogen-bond donors (Lipinski definition) is 2. The molecular weight excluding hydrogens is 280 g/mol. The minimum Gasteiger partial charge on any atom is -0.356 e. The van der Waals surface area contributed by atoms with Gasteiger partial charge < -0.3 is 10.6 Å². The normalized spacial score (nSPS) is 11.5. The lowest BCUT2D eigenvalue weighted by molar-refractivity contribution is 0.790. The lowest BCUT2D eigenvalue weighted by Crippen LogP contribution is -2.37. The molecule has 0 aliphatic carbocycles. The Morgan fingerprint density at radius 2 is 2.05 bits per heavy atom. The fourth-order valence-electron chi connectivity index (χ4n) is 2.01. The Labute approximate surface area is 130 Å². The van der Waals surface area contributed by atoms with Crippen molar-refractivity contribution in [2.24, 2.45) is 4.99 Å². The van der Waals surface area contributed by atoms with Gasteiger partial charge in [0.05, 0.1) is 5.01 Å². The molecule has 2 N–H and O–H groups in total. The van der Waals surface area contributed by atoms with E-state index in [1.54, 1.807) is 18.4 Å². The highest BCUT2D eigenvalue weighted by Crippen LogP contribution is 2.11. The van der Waals surface area contributed by atoms with Gasteiger partial charge in [0.2, 0.25) is 0 Å². The molecule has 21 heavy (non-hydrogen) atoms. The van der Waals surface area contributed by atoms with E-state index in [1.807, 2.05) is 6.20 Å². The Kier molecular flexibility index (Phi) is 5.75. The van der Waals surface area contributed by atoms with Crippen molar-refractivity contribution in [2.75, 3.05) is 13.6 Å². The van der Waals surface area contributed by atoms with Crippen molar-refractivity contribution in [3.8, 4) is 0 Å². The number of aliphatic imine (C=N–C) groups is 1. The van der Waals surface area contributed by atoms with E-state index in [0.29, 0.717) is 0 Å². The first-order valence-corrected chi connectivity index (χ1v) is 7.91. The van der Waals surface area contributed by atoms with E-state index < -0.39 is 0 Å². The predicted molar refractivity (Wildman–Crippen MR) is 89.9 cm³/mol. The summed E-state index contributed by atoms with van der Waals surface area (Å²) in [5.41, 5.74) is 2.58. The van der Waals surface area contributed by atoms with Gasteiger partial charge in [-0.3, -0.25) is 4.99 Å². The van der Waals surface area contributed by atoms with Crippen LogP contribution in [0.4, 0.5) is 0 Å². The first-order valence-electron chi connectivity index (χ1n) is 7.09. The summed E-state index contributed by atoms with van der Waals surface area (Å²) < 4.78 is 0. The van der Waals surface area contributed by atoms with Gasteiger partial charge in [-0.15, -0.1) is 11.3 Å². The zero-order valence-corrected chi connectivity index (χ0v) is 13.6. The van der Waals surface area contributed by atoms with Crippen molar-refractivity contribution in [2.45, 2.75) is 26.8 Å². The van der Waals surface area contributed by atoms with Gasteiger partial charge in [-0.25, -0.2) is 4.98 Å². The van der Waals surface area contributed by atoms with Gasteiger partial charge in [0.15, 0.2) is 5.96 Å². The third-order valence-corrected chi connectivity index (χ3v) is 4.20. The second-order valence-corrected chi connectivity index (χ2v) is 6.21. The topological polar surface area (TPSA) is 49.3 Å². The maximum atomic E-state index is 4.36. The van der Waals surface area contributed by atoms with Gasteiger partial charge in [-0.05, 0) is 25.0 Å². The third-order valence-electron chi connectivity index (χ3n) is 3.23. The van der Waals surface area contributed by atoms with Crippen LogP contribution >= 0.6 is 11.3 Å². The molecule has 0 bridgehead atoms. The van der Waals surface area contributed by atoms with E-state index in [0.717, 1.165) is 30.5 Å². The van der Waals surface area contributed by atoms with Crippen molar-refractivity contribution >= 4 is 17.3 Å². The fourth-order valence-corrected chi connectivity index (χ4v) is 2.80. The van der Waals surface area contributed by atoms with Crippen LogP contribution in [0.2, 0.25) is 0 Å². The molecule has 0 amide bonds. The number of nitrogens with zero attached hydrogens (tertiary/aromatic N) is 2. The summed E-state index contributed by atoms with van der Waals surface area (Å²) in [5.74, 6) is 0.825. The predicted octanol–water partition coefficient (Wildman–Crippen LogP) is 2.67. The van der Waals surface area contributed by atoms with Gasteiger partial charge in [0.25, 0.3) is 0 Å². The lowest BCUT2D eigenvalue weighted by atomic mass is 10.1. The zero-order chi connectivity index (χ0) is 15.1. The second-order valence-electron chi connectivity index (χ2n) is 4.89. The first-order chi connectivity index (χ1) is 10.2. The van der Waals surface area contributed by atoms with Crippen LogP contribution in [0, 0.1) is 13.8 Å². The summed E-state index contributed by atoms with van der Waals surface area (Å²) in [5, 5.41) is 7.82. The van der Waals surface area contributed by atoms with Gasteiger partial charge in [0.1, 0.15) is 0 Å². The van der Waals surface area contributed by atoms with Crippen LogP contribution in [0.3, 0.4) is 0 Å². The minimum absolute atomic E-state index is 0.780. The van der Waals surface area contributed by atoms with Gasteiger partial charge >= 0.3 is 0 Å². The number of hydrogen-bond acceptors (Lipinski definition) is 3. The van der Waals surface area contributed by atoms with E-state index in [1.165, 1.54) is 16.0 Å². The quantitative estimate of drug-likeness (QED) is 0.659. The second kappa shape index (κ2) is 7.78. The largest absolute Gasteiger partial charge is 0.356 e. The summed E-state index contributed by atoms with van der Waals surface area (Å²) in [6.45, 7) is 5.82. The third kappa shape index (κ3) is 4.86. The molecule has 0 saturated heterocycles. The molecule has 112 valence electrons. The Morgan fingerprint density at radius 1 is 1.24 bits per heavy atom. The van der Waals surface area contributed by atoms with Crippen molar-refractivity contribution in [1.29, 1.82) is 0 Å². The van der Waals surface area contributed by atoms with Crippen molar-refractivity contribution in [3.05, 3.63) is 51.5 Å². The van der Waals surface area contributed by atoms with E-state index in [-0.39, 0.29) is 0 Å². The molecule has 0 spiro atoms. The monoisotopic (exact) mass is 302 g/mol. The molecule has 1 heterocycles.